The van der Waals surface area contributed by atoms with E-state index >= 15 is 0 Å². The van der Waals surface area contributed by atoms with E-state index < -0.39 is 4.92 Å². The molecule has 0 N–H and O–H groups in total. The Bertz CT molecular complexity index is 772. The van der Waals surface area contributed by atoms with Gasteiger partial charge in [0.15, 0.2) is 0 Å². The number of nitriles is 1. The quantitative estimate of drug-likeness (QED) is 0.566. The molecule has 2 rings (SSSR count). The molecule has 0 unspecified atom stereocenters. The number of rotatable bonds is 3. The number of nitrogens with zero attached hydrogens (tertiary/aromatic N) is 2. The van der Waals surface area contributed by atoms with E-state index in [0.717, 1.165) is 0 Å². The lowest BCUT2D eigenvalue weighted by Gasteiger charge is -2.11. The molecule has 0 amide bonds. The monoisotopic (exact) mass is 366 g/mol. The summed E-state index contributed by atoms with van der Waals surface area (Å²) in [4.78, 5) is 10.6. The van der Waals surface area contributed by atoms with Crippen molar-refractivity contribution < 1.29 is 9.66 Å². The summed E-state index contributed by atoms with van der Waals surface area (Å²) in [6, 6.07) is 9.67. The third kappa shape index (κ3) is 3.15. The lowest BCUT2D eigenvalue weighted by molar-refractivity contribution is -0.385. The second-order valence-electron chi connectivity index (χ2n) is 4.15. The zero-order valence-corrected chi connectivity index (χ0v) is 13.1. The molecule has 5 nitrogen and oxygen atoms in total. The lowest BCUT2D eigenvalue weighted by atomic mass is 10.2. The topological polar surface area (TPSA) is 76.2 Å². The number of benzene rings is 2. The van der Waals surface area contributed by atoms with Crippen molar-refractivity contribution in [1.82, 2.24) is 0 Å². The van der Waals surface area contributed by atoms with Crippen LogP contribution in [0.3, 0.4) is 0 Å². The molecular weight excluding hydrogens is 360 g/mol. The van der Waals surface area contributed by atoms with Gasteiger partial charge in [-0.3, -0.25) is 10.1 Å². The van der Waals surface area contributed by atoms with Crippen LogP contribution in [0, 0.1) is 28.4 Å². The number of nitro groups is 1. The highest BCUT2D eigenvalue weighted by molar-refractivity contribution is 9.10. The average Bonchev–Trinajstić information content (AvgIpc) is 2.41. The van der Waals surface area contributed by atoms with Crippen LogP contribution in [0.15, 0.2) is 34.8 Å². The van der Waals surface area contributed by atoms with E-state index in [1.165, 1.54) is 12.1 Å². The molecule has 0 aliphatic heterocycles. The first-order chi connectivity index (χ1) is 9.93. The summed E-state index contributed by atoms with van der Waals surface area (Å²) in [5.74, 6) is 0.264. The zero-order valence-electron chi connectivity index (χ0n) is 10.8. The Morgan fingerprint density at radius 3 is 2.76 bits per heavy atom. The fraction of sp³-hybridized carbons (Fsp3) is 0.0714. The molecule has 0 aromatic heterocycles. The Hall–Kier alpha value is -2.10. The molecule has 2 aromatic carbocycles. The van der Waals surface area contributed by atoms with Crippen LogP contribution in [0.25, 0.3) is 0 Å². The molecule has 0 saturated heterocycles. The van der Waals surface area contributed by atoms with E-state index in [1.807, 2.05) is 6.07 Å². The van der Waals surface area contributed by atoms with Gasteiger partial charge in [0.2, 0.25) is 5.75 Å². The summed E-state index contributed by atoms with van der Waals surface area (Å²) in [5.41, 5.74) is 0.515. The summed E-state index contributed by atoms with van der Waals surface area (Å²) in [5, 5.41) is 20.5. The minimum absolute atomic E-state index is 0.0852. The Morgan fingerprint density at radius 2 is 2.14 bits per heavy atom. The Kier molecular flexibility index (Phi) is 4.46. The Labute approximate surface area is 134 Å². The van der Waals surface area contributed by atoms with Crippen LogP contribution in [-0.2, 0) is 0 Å². The van der Waals surface area contributed by atoms with Crippen LogP contribution in [0.2, 0.25) is 5.02 Å². The summed E-state index contributed by atoms with van der Waals surface area (Å²) in [6.45, 7) is 1.68. The number of hydrogen-bond acceptors (Lipinski definition) is 4. The van der Waals surface area contributed by atoms with Crippen LogP contribution in [0.4, 0.5) is 5.69 Å². The third-order valence-corrected chi connectivity index (χ3v) is 3.49. The van der Waals surface area contributed by atoms with E-state index in [0.29, 0.717) is 10.0 Å². The average molecular weight is 368 g/mol. The Morgan fingerprint density at radius 1 is 1.43 bits per heavy atom. The minimum Gasteiger partial charge on any atom is -0.448 e. The van der Waals surface area contributed by atoms with Crippen LogP contribution < -0.4 is 4.74 Å². The summed E-state index contributed by atoms with van der Waals surface area (Å²) < 4.78 is 6.16. The Balaban J connectivity index is 2.58. The van der Waals surface area contributed by atoms with Gasteiger partial charge in [-0.05, 0) is 30.7 Å². The number of halogens is 2. The number of nitro benzene ring substituents is 1. The molecule has 21 heavy (non-hydrogen) atoms. The van der Waals surface area contributed by atoms with Crippen molar-refractivity contribution in [3.63, 3.8) is 0 Å². The summed E-state index contributed by atoms with van der Waals surface area (Å²) >= 11 is 9.13. The summed E-state index contributed by atoms with van der Waals surface area (Å²) in [7, 11) is 0. The first kappa shape index (κ1) is 15.3. The van der Waals surface area contributed by atoms with Crippen molar-refractivity contribution in [2.75, 3.05) is 0 Å². The van der Waals surface area contributed by atoms with Crippen LogP contribution in [-0.4, -0.2) is 4.92 Å². The molecule has 0 atom stereocenters. The van der Waals surface area contributed by atoms with Gasteiger partial charge < -0.3 is 4.74 Å². The molecule has 0 bridgehead atoms. The van der Waals surface area contributed by atoms with Gasteiger partial charge >= 0.3 is 5.69 Å². The maximum Gasteiger partial charge on any atom is 0.312 e. The van der Waals surface area contributed by atoms with Gasteiger partial charge in [-0.15, -0.1) is 0 Å². The predicted octanol–water partition coefficient (Wildman–Crippen LogP) is 4.98. The first-order valence-electron chi connectivity index (χ1n) is 5.75. The number of ether oxygens (including phenoxy) is 1. The second kappa shape index (κ2) is 6.12. The van der Waals surface area contributed by atoms with Gasteiger partial charge in [0.25, 0.3) is 0 Å². The SMILES string of the molecule is Cc1cc(Br)cc([N+](=O)[O-])c1Oc1cccc(Cl)c1C#N. The molecule has 106 valence electrons. The maximum atomic E-state index is 11.2. The number of aryl methyl sites for hydroxylation is 1. The molecule has 0 aliphatic rings. The fourth-order valence-electron chi connectivity index (χ4n) is 1.79. The molecule has 0 saturated carbocycles. The molecule has 0 aliphatic carbocycles. The van der Waals surface area contributed by atoms with Crippen LogP contribution >= 0.6 is 27.5 Å². The smallest absolute Gasteiger partial charge is 0.312 e. The normalized spacial score (nSPS) is 10.0. The van der Waals surface area contributed by atoms with Crippen molar-refractivity contribution in [2.24, 2.45) is 0 Å². The van der Waals surface area contributed by atoms with Gasteiger partial charge in [-0.25, -0.2) is 0 Å². The highest BCUT2D eigenvalue weighted by Crippen LogP contribution is 2.39. The van der Waals surface area contributed by atoms with Crippen LogP contribution in [0.1, 0.15) is 11.1 Å². The maximum absolute atomic E-state index is 11.2. The van der Waals surface area contributed by atoms with E-state index in [2.05, 4.69) is 15.9 Å². The summed E-state index contributed by atoms with van der Waals surface area (Å²) in [6.07, 6.45) is 0. The fourth-order valence-corrected chi connectivity index (χ4v) is 2.56. The van der Waals surface area contributed by atoms with Crippen molar-refractivity contribution in [1.29, 1.82) is 5.26 Å². The minimum atomic E-state index is -0.538. The van der Waals surface area contributed by atoms with E-state index in [4.69, 9.17) is 21.6 Å². The van der Waals surface area contributed by atoms with Gasteiger partial charge in [0.1, 0.15) is 17.4 Å². The molecule has 2 aromatic rings. The third-order valence-electron chi connectivity index (χ3n) is 2.72. The van der Waals surface area contributed by atoms with Gasteiger partial charge in [0, 0.05) is 10.5 Å². The van der Waals surface area contributed by atoms with E-state index in [9.17, 15) is 10.1 Å². The molecule has 0 fully saturated rings. The first-order valence-corrected chi connectivity index (χ1v) is 6.92. The molecule has 0 spiro atoms. The molecule has 0 heterocycles. The zero-order chi connectivity index (χ0) is 15.6. The van der Waals surface area contributed by atoms with Gasteiger partial charge in [-0.1, -0.05) is 33.6 Å². The molecule has 0 radical (unpaired) electrons. The van der Waals surface area contributed by atoms with Crippen molar-refractivity contribution >= 4 is 33.2 Å². The van der Waals surface area contributed by atoms with E-state index in [-0.39, 0.29) is 27.8 Å². The second-order valence-corrected chi connectivity index (χ2v) is 5.48. The van der Waals surface area contributed by atoms with Crippen molar-refractivity contribution in [2.45, 2.75) is 6.92 Å². The highest BCUT2D eigenvalue weighted by atomic mass is 79.9. The predicted molar refractivity (Wildman–Crippen MR) is 81.8 cm³/mol. The van der Waals surface area contributed by atoms with Crippen molar-refractivity contribution in [3.8, 4) is 17.6 Å². The van der Waals surface area contributed by atoms with E-state index in [1.54, 1.807) is 25.1 Å². The lowest BCUT2D eigenvalue weighted by Crippen LogP contribution is -1.97. The highest BCUT2D eigenvalue weighted by Gasteiger charge is 2.21. The largest absolute Gasteiger partial charge is 0.448 e. The van der Waals surface area contributed by atoms with Gasteiger partial charge in [0.05, 0.1) is 9.95 Å². The molecule has 7 heteroatoms. The van der Waals surface area contributed by atoms with Gasteiger partial charge in [-0.2, -0.15) is 5.26 Å². The van der Waals surface area contributed by atoms with Crippen molar-refractivity contribution in [3.05, 3.63) is 61.1 Å². The molecular formula is C14H8BrClN2O3. The standard InChI is InChI=1S/C14H8BrClN2O3/c1-8-5-9(15)6-12(18(19)20)14(8)21-13-4-2-3-11(16)10(13)7-17/h2-6H,1H3. The van der Waals surface area contributed by atoms with Crippen LogP contribution in [0.5, 0.6) is 11.5 Å². The number of hydrogen-bond donors (Lipinski definition) is 0.